The van der Waals surface area contributed by atoms with Crippen LogP contribution in [-0.4, -0.2) is 20.4 Å². The Balaban J connectivity index is 0.000000235. The fourth-order valence-electron chi connectivity index (χ4n) is 3.26. The first-order valence-electron chi connectivity index (χ1n) is 13.1. The Morgan fingerprint density at radius 3 is 1.22 bits per heavy atom. The van der Waals surface area contributed by atoms with Crippen LogP contribution in [-0.2, 0) is 23.9 Å². The minimum atomic E-state index is -1.71. The Hall–Kier alpha value is -1.57. The number of benzene rings is 2. The van der Waals surface area contributed by atoms with Crippen LogP contribution in [0.4, 0.5) is 0 Å². The minimum absolute atomic E-state index is 0.246. The molecule has 0 atom stereocenters. The molecule has 2 nitrogen and oxygen atoms in total. The van der Waals surface area contributed by atoms with Gasteiger partial charge in [0.05, 0.1) is 0 Å². The topological polar surface area (TPSA) is 18.5 Å². The fraction of sp³-hybridized carbons (Fsp3) is 0.406. The van der Waals surface area contributed by atoms with Crippen molar-refractivity contribution in [1.82, 2.24) is 0 Å². The van der Waals surface area contributed by atoms with Crippen molar-refractivity contribution in [3.63, 3.8) is 0 Å². The molecule has 0 saturated carbocycles. The molecule has 198 valence electrons. The SMILES string of the molecule is CC(C)(C)[Si](C)(C)Oc1cc2ccccc2[cH-]1.CC(C)(C)[Si](C)(C)Oc1cc2ccccc2[cH-]1.C[CH]=[Hf+2]. The van der Waals surface area contributed by atoms with Crippen molar-refractivity contribution in [1.29, 1.82) is 0 Å². The van der Waals surface area contributed by atoms with Crippen LogP contribution in [0.25, 0.3) is 21.5 Å². The van der Waals surface area contributed by atoms with Crippen molar-refractivity contribution < 1.29 is 32.7 Å². The summed E-state index contributed by atoms with van der Waals surface area (Å²) in [6.07, 6.45) is 0. The molecule has 5 heteroatoms. The van der Waals surface area contributed by atoms with E-state index in [1.54, 1.807) is 0 Å². The Morgan fingerprint density at radius 1 is 0.649 bits per heavy atom. The molecule has 0 aliphatic heterocycles. The first-order chi connectivity index (χ1) is 17.0. The molecular formula is C32H46HfO2Si2. The molecule has 37 heavy (non-hydrogen) atoms. The van der Waals surface area contributed by atoms with E-state index >= 15 is 0 Å². The van der Waals surface area contributed by atoms with Crippen molar-refractivity contribution in [2.24, 2.45) is 0 Å². The molecule has 0 N–H and O–H groups in total. The summed E-state index contributed by atoms with van der Waals surface area (Å²) in [5.41, 5.74) is 0. The zero-order valence-electron chi connectivity index (χ0n) is 24.8. The summed E-state index contributed by atoms with van der Waals surface area (Å²) in [5, 5.41) is 5.55. The molecule has 0 fully saturated rings. The Kier molecular flexibility index (Phi) is 10.7. The molecule has 0 spiro atoms. The summed E-state index contributed by atoms with van der Waals surface area (Å²) in [4.78, 5) is 0. The molecule has 0 aliphatic rings. The van der Waals surface area contributed by atoms with E-state index < -0.39 is 16.6 Å². The van der Waals surface area contributed by atoms with Crippen LogP contribution in [0.5, 0.6) is 11.5 Å². The quantitative estimate of drug-likeness (QED) is 0.156. The molecular weight excluding hydrogens is 651 g/mol. The van der Waals surface area contributed by atoms with Gasteiger partial charge in [0.2, 0.25) is 16.6 Å². The molecule has 4 rings (SSSR count). The van der Waals surface area contributed by atoms with Crippen LogP contribution in [0.1, 0.15) is 48.5 Å². The molecule has 4 aromatic carbocycles. The maximum atomic E-state index is 6.29. The Bertz CT molecular complexity index is 1120. The van der Waals surface area contributed by atoms with Crippen molar-refractivity contribution in [2.45, 2.75) is 84.7 Å². The van der Waals surface area contributed by atoms with Gasteiger partial charge in [0.25, 0.3) is 0 Å². The standard InChI is InChI=1S/2C15H21OSi.C2H4.Hf/c2*1-15(2,3)17(4,5)16-14-10-12-8-6-7-9-13(12)11-14;1-2;/h2*6-11H,1-5H3;1H,2H3;/q2*-1;;+2. The van der Waals surface area contributed by atoms with Crippen LogP contribution < -0.4 is 8.85 Å². The van der Waals surface area contributed by atoms with Crippen LogP contribution in [0.3, 0.4) is 0 Å². The van der Waals surface area contributed by atoms with Crippen LogP contribution in [0.15, 0.2) is 72.8 Å². The fourth-order valence-corrected chi connectivity index (χ4v) is 5.28. The van der Waals surface area contributed by atoms with E-state index in [-0.39, 0.29) is 10.1 Å². The predicted octanol–water partition coefficient (Wildman–Crippen LogP) is 10.2. The average molecular weight is 697 g/mol. The molecule has 0 amide bonds. The summed E-state index contributed by atoms with van der Waals surface area (Å²) < 4.78 is 14.7. The van der Waals surface area contributed by atoms with Crippen LogP contribution in [0.2, 0.25) is 36.3 Å². The third-order valence-electron chi connectivity index (χ3n) is 7.54. The normalized spacial score (nSPS) is 12.4. The van der Waals surface area contributed by atoms with Gasteiger partial charge < -0.3 is 8.85 Å². The number of rotatable bonds is 4. The van der Waals surface area contributed by atoms with E-state index in [1.165, 1.54) is 45.4 Å². The molecule has 0 radical (unpaired) electrons. The van der Waals surface area contributed by atoms with Gasteiger partial charge in [0.1, 0.15) is 0 Å². The first-order valence-corrected chi connectivity index (χ1v) is 21.0. The van der Waals surface area contributed by atoms with Crippen molar-refractivity contribution in [3.05, 3.63) is 72.8 Å². The number of hydrogen-bond acceptors (Lipinski definition) is 2. The molecule has 4 aromatic rings. The maximum absolute atomic E-state index is 6.29. The van der Waals surface area contributed by atoms with E-state index in [9.17, 15) is 0 Å². The summed E-state index contributed by atoms with van der Waals surface area (Å²) in [5.74, 6) is 2.05. The second-order valence-corrected chi connectivity index (χ2v) is 24.2. The summed E-state index contributed by atoms with van der Waals surface area (Å²) in [6.45, 7) is 24.8. The van der Waals surface area contributed by atoms with E-state index in [0.29, 0.717) is 0 Å². The van der Waals surface area contributed by atoms with Gasteiger partial charge in [-0.25, -0.2) is 0 Å². The molecule has 0 aromatic heterocycles. The Morgan fingerprint density at radius 2 is 0.946 bits per heavy atom. The van der Waals surface area contributed by atoms with Crippen LogP contribution >= 0.6 is 0 Å². The molecule has 0 unspecified atom stereocenters. The van der Waals surface area contributed by atoms with Crippen molar-refractivity contribution >= 4 is 41.9 Å². The van der Waals surface area contributed by atoms with E-state index in [1.807, 2.05) is 0 Å². The third-order valence-corrected chi connectivity index (χ3v) is 16.3. The van der Waals surface area contributed by atoms with E-state index in [4.69, 9.17) is 8.85 Å². The van der Waals surface area contributed by atoms with Crippen molar-refractivity contribution in [3.8, 4) is 11.5 Å². The van der Waals surface area contributed by atoms with Gasteiger partial charge in [-0.1, -0.05) is 53.7 Å². The van der Waals surface area contributed by atoms with Gasteiger partial charge in [-0.15, -0.1) is 82.2 Å². The van der Waals surface area contributed by atoms with E-state index in [2.05, 4.69) is 151 Å². The van der Waals surface area contributed by atoms with Crippen LogP contribution in [0, 0.1) is 0 Å². The molecule has 0 heterocycles. The van der Waals surface area contributed by atoms with Gasteiger partial charge in [-0.2, -0.15) is 0 Å². The molecule has 0 bridgehead atoms. The zero-order valence-corrected chi connectivity index (χ0v) is 30.4. The zero-order chi connectivity index (χ0) is 28.1. The monoisotopic (exact) mass is 698 g/mol. The molecule has 0 saturated heterocycles. The summed E-state index contributed by atoms with van der Waals surface area (Å²) in [7, 11) is -3.42. The summed E-state index contributed by atoms with van der Waals surface area (Å²) >= 11 is 1.24. The average Bonchev–Trinajstić information content (AvgIpc) is 3.34. The molecule has 0 aliphatic carbocycles. The third kappa shape index (κ3) is 8.72. The van der Waals surface area contributed by atoms with E-state index in [0.717, 1.165) is 11.5 Å². The first kappa shape index (κ1) is 31.7. The van der Waals surface area contributed by atoms with Gasteiger partial charge in [-0.3, -0.25) is 0 Å². The van der Waals surface area contributed by atoms with Gasteiger partial charge >= 0.3 is 34.6 Å². The van der Waals surface area contributed by atoms with Gasteiger partial charge in [0, 0.05) is 11.5 Å². The second-order valence-electron chi connectivity index (χ2n) is 12.7. The van der Waals surface area contributed by atoms with Gasteiger partial charge in [0.15, 0.2) is 0 Å². The number of fused-ring (bicyclic) bond motifs is 2. The second kappa shape index (κ2) is 12.5. The van der Waals surface area contributed by atoms with Gasteiger partial charge in [-0.05, 0) is 36.3 Å². The van der Waals surface area contributed by atoms with Crippen molar-refractivity contribution in [2.75, 3.05) is 0 Å². The Labute approximate surface area is 242 Å². The number of hydrogen-bond donors (Lipinski definition) is 0. The summed E-state index contributed by atoms with van der Waals surface area (Å²) in [6, 6.07) is 25.4. The predicted molar refractivity (Wildman–Crippen MR) is 166 cm³/mol.